The molecule has 0 aliphatic carbocycles. The Morgan fingerprint density at radius 3 is 2.27 bits per heavy atom. The molecule has 0 aromatic heterocycles. The standard InChI is InChI=1S/C23H27F3N2O2/c1-17(18-7-9-20(10-8-18)23(24,25)26)15-22(29)27-16-21(19-5-3-2-4-6-19)28-11-13-30-14-12-28/h2-10,17,21H,11-16H2,1H3,(H,27,29). The molecule has 0 spiro atoms. The first kappa shape index (κ1) is 22.3. The van der Waals surface area contributed by atoms with E-state index in [9.17, 15) is 18.0 Å². The number of hydrogen-bond donors (Lipinski definition) is 1. The van der Waals surface area contributed by atoms with E-state index in [2.05, 4.69) is 22.3 Å². The van der Waals surface area contributed by atoms with Crippen LogP contribution in [0.1, 0.15) is 42.0 Å². The molecule has 2 atom stereocenters. The molecule has 2 unspecified atom stereocenters. The molecule has 1 fully saturated rings. The Balaban J connectivity index is 1.58. The van der Waals surface area contributed by atoms with Gasteiger partial charge in [-0.15, -0.1) is 0 Å². The second-order valence-electron chi connectivity index (χ2n) is 7.60. The summed E-state index contributed by atoms with van der Waals surface area (Å²) in [6, 6.07) is 15.1. The molecule has 0 saturated carbocycles. The number of nitrogens with zero attached hydrogens (tertiary/aromatic N) is 1. The van der Waals surface area contributed by atoms with Crippen LogP contribution in [0.2, 0.25) is 0 Å². The van der Waals surface area contributed by atoms with Gasteiger partial charge in [0.2, 0.25) is 5.91 Å². The number of amides is 1. The summed E-state index contributed by atoms with van der Waals surface area (Å²) in [5.41, 5.74) is 1.17. The molecule has 2 aromatic rings. The maximum atomic E-state index is 12.7. The lowest BCUT2D eigenvalue weighted by molar-refractivity contribution is -0.137. The predicted octanol–water partition coefficient (Wildman–Crippen LogP) is 4.39. The van der Waals surface area contributed by atoms with Gasteiger partial charge in [-0.25, -0.2) is 0 Å². The van der Waals surface area contributed by atoms with Crippen LogP contribution in [0.3, 0.4) is 0 Å². The van der Waals surface area contributed by atoms with Crippen LogP contribution in [0.25, 0.3) is 0 Å². The smallest absolute Gasteiger partial charge is 0.379 e. The largest absolute Gasteiger partial charge is 0.416 e. The molecule has 4 nitrogen and oxygen atoms in total. The molecule has 162 valence electrons. The van der Waals surface area contributed by atoms with Gasteiger partial charge in [-0.1, -0.05) is 49.4 Å². The maximum Gasteiger partial charge on any atom is 0.416 e. The van der Waals surface area contributed by atoms with Crippen molar-refractivity contribution in [3.63, 3.8) is 0 Å². The Hall–Kier alpha value is -2.38. The molecule has 1 N–H and O–H groups in total. The van der Waals surface area contributed by atoms with Crippen molar-refractivity contribution in [2.45, 2.75) is 31.5 Å². The normalized spacial score (nSPS) is 17.3. The van der Waals surface area contributed by atoms with Crippen LogP contribution in [0, 0.1) is 0 Å². The number of carbonyl (C=O) groups excluding carboxylic acids is 1. The molecule has 30 heavy (non-hydrogen) atoms. The molecule has 3 rings (SSSR count). The van der Waals surface area contributed by atoms with Crippen molar-refractivity contribution in [1.82, 2.24) is 10.2 Å². The highest BCUT2D eigenvalue weighted by atomic mass is 19.4. The van der Waals surface area contributed by atoms with E-state index in [-0.39, 0.29) is 24.3 Å². The van der Waals surface area contributed by atoms with E-state index in [1.807, 2.05) is 25.1 Å². The summed E-state index contributed by atoms with van der Waals surface area (Å²) in [4.78, 5) is 14.8. The predicted molar refractivity (Wildman–Crippen MR) is 109 cm³/mol. The lowest BCUT2D eigenvalue weighted by atomic mass is 9.96. The SMILES string of the molecule is CC(CC(=O)NCC(c1ccccc1)N1CCOCC1)c1ccc(C(F)(F)F)cc1. The van der Waals surface area contributed by atoms with Crippen LogP contribution in [-0.4, -0.2) is 43.7 Å². The minimum absolute atomic E-state index is 0.0559. The second-order valence-corrected chi connectivity index (χ2v) is 7.60. The number of carbonyl (C=O) groups is 1. The van der Waals surface area contributed by atoms with Gasteiger partial charge in [0.25, 0.3) is 0 Å². The number of nitrogens with one attached hydrogen (secondary N) is 1. The lowest BCUT2D eigenvalue weighted by Gasteiger charge is -2.35. The van der Waals surface area contributed by atoms with Gasteiger partial charge in [-0.05, 0) is 29.2 Å². The Labute approximate surface area is 175 Å². The number of halogens is 3. The molecule has 2 aromatic carbocycles. The minimum atomic E-state index is -4.36. The van der Waals surface area contributed by atoms with Gasteiger partial charge in [0.05, 0.1) is 24.8 Å². The fourth-order valence-electron chi connectivity index (χ4n) is 3.70. The third-order valence-electron chi connectivity index (χ3n) is 5.46. The molecule has 0 bridgehead atoms. The highest BCUT2D eigenvalue weighted by Gasteiger charge is 2.30. The summed E-state index contributed by atoms with van der Waals surface area (Å²) in [7, 11) is 0. The van der Waals surface area contributed by atoms with Gasteiger partial charge in [-0.3, -0.25) is 9.69 Å². The van der Waals surface area contributed by atoms with E-state index in [1.165, 1.54) is 12.1 Å². The van der Waals surface area contributed by atoms with Crippen molar-refractivity contribution >= 4 is 5.91 Å². The Morgan fingerprint density at radius 1 is 1.03 bits per heavy atom. The van der Waals surface area contributed by atoms with E-state index in [4.69, 9.17) is 4.74 Å². The summed E-state index contributed by atoms with van der Waals surface area (Å²) in [6.45, 7) is 5.26. The molecule has 1 heterocycles. The van der Waals surface area contributed by atoms with Crippen LogP contribution >= 0.6 is 0 Å². The summed E-state index contributed by atoms with van der Waals surface area (Å²) in [6.07, 6.45) is -4.14. The number of morpholine rings is 1. The van der Waals surface area contributed by atoms with Crippen LogP contribution in [-0.2, 0) is 15.7 Å². The zero-order chi connectivity index (χ0) is 21.6. The van der Waals surface area contributed by atoms with E-state index >= 15 is 0 Å². The molecule has 1 aliphatic heterocycles. The molecular weight excluding hydrogens is 393 g/mol. The average molecular weight is 420 g/mol. The monoisotopic (exact) mass is 420 g/mol. The van der Waals surface area contributed by atoms with Gasteiger partial charge in [-0.2, -0.15) is 13.2 Å². The van der Waals surface area contributed by atoms with E-state index < -0.39 is 11.7 Å². The van der Waals surface area contributed by atoms with Gasteiger partial charge in [0.15, 0.2) is 0 Å². The number of alkyl halides is 3. The van der Waals surface area contributed by atoms with Crippen LogP contribution in [0.5, 0.6) is 0 Å². The van der Waals surface area contributed by atoms with E-state index in [0.29, 0.717) is 25.3 Å². The number of ether oxygens (including phenoxy) is 1. The van der Waals surface area contributed by atoms with E-state index in [1.54, 1.807) is 0 Å². The fraction of sp³-hybridized carbons (Fsp3) is 0.435. The summed E-state index contributed by atoms with van der Waals surface area (Å²) >= 11 is 0. The van der Waals surface area contributed by atoms with Crippen LogP contribution in [0.15, 0.2) is 54.6 Å². The topological polar surface area (TPSA) is 41.6 Å². The molecule has 0 radical (unpaired) electrons. The quantitative estimate of drug-likeness (QED) is 0.723. The Kier molecular flexibility index (Phi) is 7.50. The number of hydrogen-bond acceptors (Lipinski definition) is 3. The molecule has 1 aliphatic rings. The highest BCUT2D eigenvalue weighted by Crippen LogP contribution is 2.30. The van der Waals surface area contributed by atoms with Gasteiger partial charge in [0.1, 0.15) is 0 Å². The number of benzene rings is 2. The van der Waals surface area contributed by atoms with E-state index in [0.717, 1.165) is 30.8 Å². The molecule has 7 heteroatoms. The Bertz CT molecular complexity index is 803. The first-order valence-electron chi connectivity index (χ1n) is 10.1. The third kappa shape index (κ3) is 6.06. The summed E-state index contributed by atoms with van der Waals surface area (Å²) in [5, 5.41) is 3.01. The molecular formula is C23H27F3N2O2. The summed E-state index contributed by atoms with van der Waals surface area (Å²) in [5.74, 6) is -0.289. The number of rotatable bonds is 7. The van der Waals surface area contributed by atoms with Gasteiger partial charge >= 0.3 is 6.18 Å². The second kappa shape index (κ2) is 10.1. The highest BCUT2D eigenvalue weighted by molar-refractivity contribution is 5.76. The van der Waals surface area contributed by atoms with Crippen molar-refractivity contribution in [1.29, 1.82) is 0 Å². The average Bonchev–Trinajstić information content (AvgIpc) is 2.75. The fourth-order valence-corrected chi connectivity index (χ4v) is 3.70. The minimum Gasteiger partial charge on any atom is -0.379 e. The van der Waals surface area contributed by atoms with Crippen molar-refractivity contribution in [3.8, 4) is 0 Å². The van der Waals surface area contributed by atoms with Crippen molar-refractivity contribution in [2.24, 2.45) is 0 Å². The van der Waals surface area contributed by atoms with Gasteiger partial charge in [0, 0.05) is 26.1 Å². The maximum absolute atomic E-state index is 12.7. The van der Waals surface area contributed by atoms with Crippen LogP contribution < -0.4 is 5.32 Å². The third-order valence-corrected chi connectivity index (χ3v) is 5.46. The summed E-state index contributed by atoms with van der Waals surface area (Å²) < 4.78 is 43.6. The first-order chi connectivity index (χ1) is 14.3. The van der Waals surface area contributed by atoms with Crippen molar-refractivity contribution < 1.29 is 22.7 Å². The zero-order valence-corrected chi connectivity index (χ0v) is 17.0. The van der Waals surface area contributed by atoms with Crippen molar-refractivity contribution in [3.05, 3.63) is 71.3 Å². The molecule has 1 amide bonds. The zero-order valence-electron chi connectivity index (χ0n) is 17.0. The Morgan fingerprint density at radius 2 is 1.67 bits per heavy atom. The van der Waals surface area contributed by atoms with Gasteiger partial charge < -0.3 is 10.1 Å². The lowest BCUT2D eigenvalue weighted by Crippen LogP contribution is -2.43. The van der Waals surface area contributed by atoms with Crippen LogP contribution in [0.4, 0.5) is 13.2 Å². The molecule has 1 saturated heterocycles. The van der Waals surface area contributed by atoms with Crippen molar-refractivity contribution in [2.75, 3.05) is 32.8 Å². The first-order valence-corrected chi connectivity index (χ1v) is 10.1.